The average molecular weight is 513 g/mol. The lowest BCUT2D eigenvalue weighted by Crippen LogP contribution is -2.30. The summed E-state index contributed by atoms with van der Waals surface area (Å²) in [5, 5.41) is 14.5. The predicted octanol–water partition coefficient (Wildman–Crippen LogP) is 6.59. The molecule has 7 heteroatoms. The van der Waals surface area contributed by atoms with E-state index < -0.39 is 17.4 Å². The van der Waals surface area contributed by atoms with Gasteiger partial charge >= 0.3 is 5.97 Å². The molecule has 194 valence electrons. The number of fused-ring (bicyclic) bond motifs is 1. The zero-order chi connectivity index (χ0) is 26.9. The standard InChI is InChI=1S/C31H29FN2O4/c1-4-34(5-2)21-15-16-24(28(35)19-21)31(23-11-7-6-10-22(23)30(36)38-31)25-18-20(14-17-29(25)37-3)33-27-13-9-8-12-26(27)32/h6-19,33,35H,4-5H2,1-3H3. The minimum absolute atomic E-state index is 0.0200. The fraction of sp³-hybridized carbons (Fsp3) is 0.194. The van der Waals surface area contributed by atoms with E-state index in [9.17, 15) is 14.3 Å². The Balaban J connectivity index is 1.75. The van der Waals surface area contributed by atoms with E-state index >= 15 is 0 Å². The Hall–Kier alpha value is -4.52. The second kappa shape index (κ2) is 10.1. The van der Waals surface area contributed by atoms with Gasteiger partial charge in [-0.3, -0.25) is 0 Å². The fourth-order valence-corrected chi connectivity index (χ4v) is 5.14. The van der Waals surface area contributed by atoms with Gasteiger partial charge in [0.25, 0.3) is 0 Å². The molecule has 0 aromatic heterocycles. The molecule has 1 unspecified atom stereocenters. The van der Waals surface area contributed by atoms with Crippen LogP contribution in [0.1, 0.15) is 40.9 Å². The van der Waals surface area contributed by atoms with Gasteiger partial charge in [0.15, 0.2) is 5.60 Å². The number of esters is 1. The van der Waals surface area contributed by atoms with Crippen LogP contribution in [0.4, 0.5) is 21.5 Å². The maximum atomic E-state index is 14.4. The largest absolute Gasteiger partial charge is 0.507 e. The third-order valence-corrected chi connectivity index (χ3v) is 6.99. The Kier molecular flexibility index (Phi) is 6.68. The molecule has 5 rings (SSSR count). The third kappa shape index (κ3) is 4.10. The summed E-state index contributed by atoms with van der Waals surface area (Å²) in [4.78, 5) is 15.3. The number of rotatable bonds is 8. The number of hydrogen-bond donors (Lipinski definition) is 2. The summed E-state index contributed by atoms with van der Waals surface area (Å²) in [5.41, 5.74) is 2.08. The molecule has 1 heterocycles. The van der Waals surface area contributed by atoms with Gasteiger partial charge in [0, 0.05) is 47.2 Å². The molecule has 1 aliphatic heterocycles. The average Bonchev–Trinajstić information content (AvgIpc) is 3.23. The van der Waals surface area contributed by atoms with Crippen LogP contribution in [0.15, 0.2) is 84.9 Å². The Morgan fingerprint density at radius 3 is 2.37 bits per heavy atom. The number of ether oxygens (including phenoxy) is 2. The first-order valence-corrected chi connectivity index (χ1v) is 12.5. The Bertz CT molecular complexity index is 1500. The van der Waals surface area contributed by atoms with Crippen LogP contribution in [0.5, 0.6) is 11.5 Å². The smallest absolute Gasteiger partial charge is 0.340 e. The van der Waals surface area contributed by atoms with Crippen LogP contribution in [-0.4, -0.2) is 31.3 Å². The number of para-hydroxylation sites is 1. The molecule has 0 bridgehead atoms. The number of phenolic OH excluding ortho intramolecular Hbond substituents is 1. The van der Waals surface area contributed by atoms with Crippen LogP contribution in [0, 0.1) is 5.82 Å². The van der Waals surface area contributed by atoms with Crippen molar-refractivity contribution in [2.24, 2.45) is 0 Å². The lowest BCUT2D eigenvalue weighted by Gasteiger charge is -2.33. The summed E-state index contributed by atoms with van der Waals surface area (Å²) in [6.07, 6.45) is 0. The van der Waals surface area contributed by atoms with Crippen LogP contribution in [0.2, 0.25) is 0 Å². The second-order valence-corrected chi connectivity index (χ2v) is 9.01. The molecule has 0 aliphatic carbocycles. The number of cyclic esters (lactones) is 1. The van der Waals surface area contributed by atoms with Gasteiger partial charge in [-0.1, -0.05) is 30.3 Å². The molecule has 0 amide bonds. The van der Waals surface area contributed by atoms with Crippen LogP contribution < -0.4 is 15.0 Å². The first-order valence-electron chi connectivity index (χ1n) is 12.5. The normalized spacial score (nSPS) is 16.1. The number of methoxy groups -OCH3 is 1. The minimum Gasteiger partial charge on any atom is -0.507 e. The maximum Gasteiger partial charge on any atom is 0.340 e. The van der Waals surface area contributed by atoms with E-state index in [0.29, 0.717) is 39.4 Å². The number of anilines is 3. The van der Waals surface area contributed by atoms with Gasteiger partial charge < -0.3 is 24.8 Å². The molecule has 4 aromatic carbocycles. The highest BCUT2D eigenvalue weighted by atomic mass is 19.1. The van der Waals surface area contributed by atoms with Gasteiger partial charge in [-0.25, -0.2) is 9.18 Å². The summed E-state index contributed by atoms with van der Waals surface area (Å²) >= 11 is 0. The minimum atomic E-state index is -1.50. The summed E-state index contributed by atoms with van der Waals surface area (Å²) < 4.78 is 26.4. The molecule has 0 saturated heterocycles. The monoisotopic (exact) mass is 512 g/mol. The highest BCUT2D eigenvalue weighted by Crippen LogP contribution is 2.53. The Morgan fingerprint density at radius 2 is 1.66 bits per heavy atom. The molecule has 1 atom stereocenters. The van der Waals surface area contributed by atoms with Crippen molar-refractivity contribution < 1.29 is 23.8 Å². The fourth-order valence-electron chi connectivity index (χ4n) is 5.14. The van der Waals surface area contributed by atoms with E-state index in [2.05, 4.69) is 10.2 Å². The van der Waals surface area contributed by atoms with Gasteiger partial charge in [0.05, 0.1) is 18.4 Å². The number of halogens is 1. The first kappa shape index (κ1) is 25.1. The van der Waals surface area contributed by atoms with E-state index in [-0.39, 0.29) is 5.75 Å². The molecule has 38 heavy (non-hydrogen) atoms. The van der Waals surface area contributed by atoms with Gasteiger partial charge in [-0.15, -0.1) is 0 Å². The molecule has 1 aliphatic rings. The lowest BCUT2D eigenvalue weighted by molar-refractivity contribution is 0.0239. The topological polar surface area (TPSA) is 71.0 Å². The number of nitrogens with zero attached hydrogens (tertiary/aromatic N) is 1. The van der Waals surface area contributed by atoms with E-state index in [4.69, 9.17) is 9.47 Å². The number of aromatic hydroxyl groups is 1. The number of carbonyl (C=O) groups excluding carboxylic acids is 1. The molecular formula is C31H29FN2O4. The molecule has 2 N–H and O–H groups in total. The predicted molar refractivity (Wildman–Crippen MR) is 146 cm³/mol. The van der Waals surface area contributed by atoms with E-state index in [1.54, 1.807) is 60.7 Å². The summed E-state index contributed by atoms with van der Waals surface area (Å²) in [7, 11) is 1.53. The Labute approximate surface area is 221 Å². The van der Waals surface area contributed by atoms with Crippen molar-refractivity contribution >= 4 is 23.0 Å². The number of hydrogen-bond acceptors (Lipinski definition) is 6. The van der Waals surface area contributed by atoms with E-state index in [1.165, 1.54) is 13.2 Å². The molecule has 0 radical (unpaired) electrons. The van der Waals surface area contributed by atoms with Gasteiger partial charge in [0.2, 0.25) is 0 Å². The highest BCUT2D eigenvalue weighted by Gasteiger charge is 2.51. The summed E-state index contributed by atoms with van der Waals surface area (Å²) in [6, 6.07) is 24.1. The van der Waals surface area contributed by atoms with Crippen molar-refractivity contribution in [1.29, 1.82) is 0 Å². The van der Waals surface area contributed by atoms with E-state index in [0.717, 1.165) is 18.8 Å². The van der Waals surface area contributed by atoms with Gasteiger partial charge in [0.1, 0.15) is 17.3 Å². The van der Waals surface area contributed by atoms with Crippen LogP contribution >= 0.6 is 0 Å². The van der Waals surface area contributed by atoms with Gasteiger partial charge in [-0.05, 0) is 62.4 Å². The van der Waals surface area contributed by atoms with E-state index in [1.807, 2.05) is 32.0 Å². The number of carbonyl (C=O) groups is 1. The number of benzene rings is 4. The maximum absolute atomic E-state index is 14.4. The molecule has 6 nitrogen and oxygen atoms in total. The molecule has 0 fully saturated rings. The quantitative estimate of drug-likeness (QED) is 0.260. The number of nitrogens with one attached hydrogen (secondary N) is 1. The van der Waals surface area contributed by atoms with Crippen molar-refractivity contribution in [2.45, 2.75) is 19.4 Å². The summed E-state index contributed by atoms with van der Waals surface area (Å²) in [5.74, 6) is -0.488. The van der Waals surface area contributed by atoms with Crippen molar-refractivity contribution in [3.8, 4) is 11.5 Å². The summed E-state index contributed by atoms with van der Waals surface area (Å²) in [6.45, 7) is 5.64. The molecule has 0 spiro atoms. The third-order valence-electron chi connectivity index (χ3n) is 6.99. The van der Waals surface area contributed by atoms with Gasteiger partial charge in [-0.2, -0.15) is 0 Å². The molecule has 0 saturated carbocycles. The zero-order valence-electron chi connectivity index (χ0n) is 21.5. The zero-order valence-corrected chi connectivity index (χ0v) is 21.5. The van der Waals surface area contributed by atoms with Crippen molar-refractivity contribution in [1.82, 2.24) is 0 Å². The number of phenols is 1. The Morgan fingerprint density at radius 1 is 0.921 bits per heavy atom. The highest BCUT2D eigenvalue weighted by molar-refractivity contribution is 5.97. The second-order valence-electron chi connectivity index (χ2n) is 9.01. The van der Waals surface area contributed by atoms with Crippen LogP contribution in [-0.2, 0) is 10.3 Å². The van der Waals surface area contributed by atoms with Crippen LogP contribution in [0.25, 0.3) is 0 Å². The SMILES string of the molecule is CCN(CC)c1ccc(C2(c3cc(Nc4ccccc4F)ccc3OC)OC(=O)c3ccccc32)c(O)c1. The van der Waals surface area contributed by atoms with Crippen LogP contribution in [0.3, 0.4) is 0 Å². The lowest BCUT2D eigenvalue weighted by atomic mass is 9.78. The van der Waals surface area contributed by atoms with Crippen molar-refractivity contribution in [3.05, 3.63) is 113 Å². The van der Waals surface area contributed by atoms with Crippen molar-refractivity contribution in [2.75, 3.05) is 30.4 Å². The molecular weight excluding hydrogens is 483 g/mol. The first-order chi connectivity index (χ1) is 18.4. The molecule has 4 aromatic rings. The van der Waals surface area contributed by atoms with Crippen molar-refractivity contribution in [3.63, 3.8) is 0 Å².